The standard InChI is InChI=1S/C22H18Cl2N2O2S/c1-13-8-18(28-19(27)9-13)12-29-22-25-20(14-4-2-6-16(23)10-14)21(26-22)15-5-3-7-17(24)11-15/h2-7,9-11,18H,8,12H2,1H3,(H,25,26)/t18-/m1/s1. The van der Waals surface area contributed by atoms with Crippen LogP contribution in [-0.4, -0.2) is 27.8 Å². The van der Waals surface area contributed by atoms with Gasteiger partial charge < -0.3 is 9.72 Å². The monoisotopic (exact) mass is 444 g/mol. The van der Waals surface area contributed by atoms with Gasteiger partial charge in [-0.25, -0.2) is 9.78 Å². The van der Waals surface area contributed by atoms with Crippen LogP contribution in [0.5, 0.6) is 0 Å². The molecule has 1 aliphatic heterocycles. The third-order valence-corrected chi connectivity index (χ3v) is 5.97. The molecule has 0 saturated heterocycles. The van der Waals surface area contributed by atoms with Crippen molar-refractivity contribution in [2.24, 2.45) is 0 Å². The topological polar surface area (TPSA) is 55.0 Å². The fourth-order valence-electron chi connectivity index (χ4n) is 3.24. The Bertz CT molecular complexity index is 1030. The number of carbonyl (C=O) groups excluding carboxylic acids is 1. The number of rotatable bonds is 5. The lowest BCUT2D eigenvalue weighted by Gasteiger charge is -2.20. The molecular weight excluding hydrogens is 427 g/mol. The molecule has 4 rings (SSSR count). The SMILES string of the molecule is CC1=CC(=O)O[C@@H](CSc2nc(-c3cccc(Cl)c3)c(-c3cccc(Cl)c3)[nH]2)C1. The number of hydrogen-bond donors (Lipinski definition) is 1. The third kappa shape index (κ3) is 4.86. The normalized spacial score (nSPS) is 16.4. The summed E-state index contributed by atoms with van der Waals surface area (Å²) in [5.74, 6) is 0.340. The van der Waals surface area contributed by atoms with Crippen molar-refractivity contribution in [1.29, 1.82) is 0 Å². The number of esters is 1. The summed E-state index contributed by atoms with van der Waals surface area (Å²) in [6, 6.07) is 15.2. The summed E-state index contributed by atoms with van der Waals surface area (Å²) in [7, 11) is 0. The van der Waals surface area contributed by atoms with E-state index in [0.717, 1.165) is 39.7 Å². The highest BCUT2D eigenvalue weighted by molar-refractivity contribution is 7.99. The zero-order valence-electron chi connectivity index (χ0n) is 15.6. The Morgan fingerprint density at radius 3 is 2.52 bits per heavy atom. The van der Waals surface area contributed by atoms with E-state index < -0.39 is 0 Å². The van der Waals surface area contributed by atoms with Gasteiger partial charge in [-0.3, -0.25) is 0 Å². The molecule has 0 bridgehead atoms. The maximum absolute atomic E-state index is 11.6. The predicted molar refractivity (Wildman–Crippen MR) is 118 cm³/mol. The molecule has 0 saturated carbocycles. The fraction of sp³-hybridized carbons (Fsp3) is 0.182. The number of hydrogen-bond acceptors (Lipinski definition) is 4. The number of cyclic esters (lactones) is 1. The van der Waals surface area contributed by atoms with Crippen LogP contribution in [-0.2, 0) is 9.53 Å². The lowest BCUT2D eigenvalue weighted by molar-refractivity contribution is -0.143. The molecule has 0 unspecified atom stereocenters. The van der Waals surface area contributed by atoms with Crippen molar-refractivity contribution in [3.63, 3.8) is 0 Å². The Morgan fingerprint density at radius 1 is 1.14 bits per heavy atom. The van der Waals surface area contributed by atoms with E-state index in [-0.39, 0.29) is 12.1 Å². The van der Waals surface area contributed by atoms with Gasteiger partial charge in [0.1, 0.15) is 6.10 Å². The summed E-state index contributed by atoms with van der Waals surface area (Å²) in [6.07, 6.45) is 2.12. The van der Waals surface area contributed by atoms with E-state index in [9.17, 15) is 4.79 Å². The second-order valence-electron chi connectivity index (χ2n) is 6.85. The highest BCUT2D eigenvalue weighted by atomic mass is 35.5. The largest absolute Gasteiger partial charge is 0.458 e. The van der Waals surface area contributed by atoms with Crippen molar-refractivity contribution in [1.82, 2.24) is 9.97 Å². The summed E-state index contributed by atoms with van der Waals surface area (Å²) in [5, 5.41) is 2.05. The summed E-state index contributed by atoms with van der Waals surface area (Å²) < 4.78 is 5.40. The number of nitrogens with one attached hydrogen (secondary N) is 1. The first-order valence-electron chi connectivity index (χ1n) is 9.10. The summed E-state index contributed by atoms with van der Waals surface area (Å²) in [5.41, 5.74) is 4.56. The molecule has 29 heavy (non-hydrogen) atoms. The zero-order chi connectivity index (χ0) is 20.4. The first-order valence-corrected chi connectivity index (χ1v) is 10.8. The molecule has 7 heteroatoms. The van der Waals surface area contributed by atoms with Crippen LogP contribution in [0, 0.1) is 0 Å². The van der Waals surface area contributed by atoms with Crippen molar-refractivity contribution in [3.05, 3.63) is 70.2 Å². The Hall–Kier alpha value is -2.21. The van der Waals surface area contributed by atoms with Gasteiger partial charge in [0.05, 0.1) is 11.4 Å². The van der Waals surface area contributed by atoms with Crippen molar-refractivity contribution in [2.45, 2.75) is 24.6 Å². The minimum Gasteiger partial charge on any atom is -0.458 e. The molecule has 2 aromatic carbocycles. The molecule has 4 nitrogen and oxygen atoms in total. The lowest BCUT2D eigenvalue weighted by atomic mass is 10.1. The van der Waals surface area contributed by atoms with Crippen LogP contribution in [0.15, 0.2) is 65.3 Å². The third-order valence-electron chi connectivity index (χ3n) is 4.50. The maximum Gasteiger partial charge on any atom is 0.331 e. The zero-order valence-corrected chi connectivity index (χ0v) is 17.9. The van der Waals surface area contributed by atoms with E-state index >= 15 is 0 Å². The molecule has 1 aliphatic rings. The van der Waals surface area contributed by atoms with Gasteiger partial charge in [-0.2, -0.15) is 0 Å². The molecular formula is C22H18Cl2N2O2S. The van der Waals surface area contributed by atoms with E-state index in [2.05, 4.69) is 4.98 Å². The number of ether oxygens (including phenoxy) is 1. The minimum atomic E-state index is -0.280. The number of benzene rings is 2. The number of carbonyl (C=O) groups is 1. The number of imidazole rings is 1. The second-order valence-corrected chi connectivity index (χ2v) is 8.73. The van der Waals surface area contributed by atoms with Gasteiger partial charge in [0, 0.05) is 39.4 Å². The average molecular weight is 445 g/mol. The average Bonchev–Trinajstić information content (AvgIpc) is 3.10. The van der Waals surface area contributed by atoms with Crippen molar-refractivity contribution < 1.29 is 9.53 Å². The van der Waals surface area contributed by atoms with Crippen LogP contribution in [0.25, 0.3) is 22.5 Å². The molecule has 0 amide bonds. The van der Waals surface area contributed by atoms with Gasteiger partial charge in [0.15, 0.2) is 5.16 Å². The van der Waals surface area contributed by atoms with Crippen LogP contribution < -0.4 is 0 Å². The number of aromatic nitrogens is 2. The summed E-state index contributed by atoms with van der Waals surface area (Å²) in [6.45, 7) is 1.94. The Balaban J connectivity index is 1.64. The lowest BCUT2D eigenvalue weighted by Crippen LogP contribution is -2.24. The molecule has 3 aromatic rings. The number of aromatic amines is 1. The van der Waals surface area contributed by atoms with Crippen LogP contribution >= 0.6 is 35.0 Å². The molecule has 0 spiro atoms. The smallest absolute Gasteiger partial charge is 0.331 e. The highest BCUT2D eigenvalue weighted by Gasteiger charge is 2.21. The first kappa shape index (κ1) is 20.1. The van der Waals surface area contributed by atoms with Crippen LogP contribution in [0.1, 0.15) is 13.3 Å². The molecule has 148 valence electrons. The van der Waals surface area contributed by atoms with Gasteiger partial charge >= 0.3 is 5.97 Å². The molecule has 1 N–H and O–H groups in total. The van der Waals surface area contributed by atoms with Crippen molar-refractivity contribution in [3.8, 4) is 22.5 Å². The van der Waals surface area contributed by atoms with Gasteiger partial charge in [-0.15, -0.1) is 0 Å². The van der Waals surface area contributed by atoms with Crippen molar-refractivity contribution >= 4 is 40.9 Å². The maximum atomic E-state index is 11.6. The predicted octanol–water partition coefficient (Wildman–Crippen LogP) is 6.40. The molecule has 1 atom stereocenters. The van der Waals surface area contributed by atoms with E-state index in [1.807, 2.05) is 55.5 Å². The van der Waals surface area contributed by atoms with Crippen molar-refractivity contribution in [2.75, 3.05) is 5.75 Å². The van der Waals surface area contributed by atoms with Crippen LogP contribution in [0.3, 0.4) is 0 Å². The highest BCUT2D eigenvalue weighted by Crippen LogP contribution is 2.35. The second kappa shape index (κ2) is 8.66. The fourth-order valence-corrected chi connectivity index (χ4v) is 4.48. The van der Waals surface area contributed by atoms with E-state index in [4.69, 9.17) is 32.9 Å². The molecule has 0 radical (unpaired) electrons. The van der Waals surface area contributed by atoms with E-state index in [1.165, 1.54) is 11.8 Å². The molecule has 0 fully saturated rings. The Morgan fingerprint density at radius 2 is 1.83 bits per heavy atom. The van der Waals surface area contributed by atoms with Crippen LogP contribution in [0.2, 0.25) is 10.0 Å². The van der Waals surface area contributed by atoms with Crippen LogP contribution in [0.4, 0.5) is 0 Å². The van der Waals surface area contributed by atoms with Gasteiger partial charge in [-0.05, 0) is 31.2 Å². The molecule has 0 aliphatic carbocycles. The Kier molecular flexibility index (Phi) is 5.99. The number of thioether (sulfide) groups is 1. The van der Waals surface area contributed by atoms with Gasteiger partial charge in [0.2, 0.25) is 0 Å². The van der Waals surface area contributed by atoms with E-state index in [1.54, 1.807) is 6.08 Å². The summed E-state index contributed by atoms with van der Waals surface area (Å²) >= 11 is 13.9. The molecule has 1 aromatic heterocycles. The summed E-state index contributed by atoms with van der Waals surface area (Å²) in [4.78, 5) is 19.8. The van der Waals surface area contributed by atoms with Gasteiger partial charge in [0.25, 0.3) is 0 Å². The molecule has 2 heterocycles. The van der Waals surface area contributed by atoms with E-state index in [0.29, 0.717) is 15.8 Å². The number of H-pyrrole nitrogens is 1. The first-order chi connectivity index (χ1) is 14.0. The van der Waals surface area contributed by atoms with Gasteiger partial charge in [-0.1, -0.05) is 64.8 Å². The Labute approximate surface area is 183 Å². The quantitative estimate of drug-likeness (QED) is 0.365. The number of halogens is 2. The number of nitrogens with zero attached hydrogens (tertiary/aromatic N) is 1. The minimum absolute atomic E-state index is 0.160.